The molecule has 90 valence electrons. The highest BCUT2D eigenvalue weighted by molar-refractivity contribution is 7.09. The Balaban J connectivity index is 2.00. The van der Waals surface area contributed by atoms with Crippen molar-refractivity contribution in [1.82, 2.24) is 4.98 Å². The first-order valence-electron chi connectivity index (χ1n) is 5.24. The minimum atomic E-state index is -0.0414. The van der Waals surface area contributed by atoms with Crippen LogP contribution in [0.4, 0.5) is 0 Å². The molecular formula is C12H13ClN2OS. The zero-order valence-corrected chi connectivity index (χ0v) is 11.0. The number of nitrogens with two attached hydrogens (primary N) is 1. The molecular weight excluding hydrogens is 256 g/mol. The molecule has 0 saturated carbocycles. The van der Waals surface area contributed by atoms with Crippen molar-refractivity contribution >= 4 is 22.9 Å². The van der Waals surface area contributed by atoms with Crippen LogP contribution in [0.2, 0.25) is 5.02 Å². The van der Waals surface area contributed by atoms with Gasteiger partial charge in [0.2, 0.25) is 0 Å². The van der Waals surface area contributed by atoms with Crippen molar-refractivity contribution in [3.63, 3.8) is 0 Å². The maximum absolute atomic E-state index is 5.98. The first kappa shape index (κ1) is 12.4. The van der Waals surface area contributed by atoms with E-state index in [4.69, 9.17) is 22.1 Å². The van der Waals surface area contributed by atoms with Crippen LogP contribution in [0.5, 0.6) is 5.75 Å². The molecule has 0 aliphatic rings. The summed E-state index contributed by atoms with van der Waals surface area (Å²) >= 11 is 7.53. The molecule has 17 heavy (non-hydrogen) atoms. The van der Waals surface area contributed by atoms with E-state index in [1.54, 1.807) is 17.4 Å². The second-order valence-corrected chi connectivity index (χ2v) is 5.02. The Morgan fingerprint density at radius 2 is 2.24 bits per heavy atom. The molecule has 0 bridgehead atoms. The largest absolute Gasteiger partial charge is 0.485 e. The molecule has 1 aromatic carbocycles. The maximum Gasteiger partial charge on any atom is 0.140 e. The minimum Gasteiger partial charge on any atom is -0.485 e. The number of nitrogens with zero attached hydrogens (tertiary/aromatic N) is 1. The van der Waals surface area contributed by atoms with Crippen molar-refractivity contribution in [1.29, 1.82) is 0 Å². The zero-order valence-electron chi connectivity index (χ0n) is 9.39. The number of hydrogen-bond acceptors (Lipinski definition) is 4. The second-order valence-electron chi connectivity index (χ2n) is 3.67. The van der Waals surface area contributed by atoms with Crippen LogP contribution in [0, 0.1) is 0 Å². The molecule has 0 amide bonds. The molecule has 0 aliphatic carbocycles. The van der Waals surface area contributed by atoms with Crippen LogP contribution in [0.25, 0.3) is 0 Å². The molecule has 1 atom stereocenters. The lowest BCUT2D eigenvalue weighted by Gasteiger charge is -2.05. The van der Waals surface area contributed by atoms with Gasteiger partial charge in [-0.05, 0) is 19.1 Å². The van der Waals surface area contributed by atoms with Crippen LogP contribution < -0.4 is 10.5 Å². The quantitative estimate of drug-likeness (QED) is 0.925. The highest BCUT2D eigenvalue weighted by atomic mass is 35.5. The van der Waals surface area contributed by atoms with Gasteiger partial charge in [0, 0.05) is 11.4 Å². The van der Waals surface area contributed by atoms with E-state index < -0.39 is 0 Å². The Morgan fingerprint density at radius 1 is 1.47 bits per heavy atom. The lowest BCUT2D eigenvalue weighted by molar-refractivity contribution is 0.305. The van der Waals surface area contributed by atoms with Gasteiger partial charge in [-0.1, -0.05) is 23.7 Å². The molecule has 2 rings (SSSR count). The standard InChI is InChI=1S/C12H13ClN2OS/c1-8(14)10-7-17-12(15-10)6-16-11-5-3-2-4-9(11)13/h2-5,7-8H,6,14H2,1H3. The van der Waals surface area contributed by atoms with Crippen LogP contribution in [0.1, 0.15) is 23.7 Å². The third kappa shape index (κ3) is 3.19. The van der Waals surface area contributed by atoms with E-state index in [1.165, 1.54) is 0 Å². The average molecular weight is 269 g/mol. The molecule has 1 heterocycles. The number of aromatic nitrogens is 1. The monoisotopic (exact) mass is 268 g/mol. The first-order chi connectivity index (χ1) is 8.16. The number of rotatable bonds is 4. The molecule has 5 heteroatoms. The normalized spacial score (nSPS) is 12.4. The third-order valence-corrected chi connectivity index (χ3v) is 3.38. The summed E-state index contributed by atoms with van der Waals surface area (Å²) in [6, 6.07) is 7.35. The van der Waals surface area contributed by atoms with E-state index in [9.17, 15) is 0 Å². The molecule has 0 aliphatic heterocycles. The summed E-state index contributed by atoms with van der Waals surface area (Å²) in [4.78, 5) is 4.38. The molecule has 0 fully saturated rings. The van der Waals surface area contributed by atoms with Crippen LogP contribution in [-0.4, -0.2) is 4.98 Å². The summed E-state index contributed by atoms with van der Waals surface area (Å²) < 4.78 is 5.59. The number of benzene rings is 1. The van der Waals surface area contributed by atoms with Gasteiger partial charge in [-0.3, -0.25) is 0 Å². The highest BCUT2D eigenvalue weighted by Gasteiger charge is 2.07. The number of thiazole rings is 1. The predicted molar refractivity (Wildman–Crippen MR) is 70.5 cm³/mol. The molecule has 3 nitrogen and oxygen atoms in total. The third-order valence-electron chi connectivity index (χ3n) is 2.22. The van der Waals surface area contributed by atoms with Crippen molar-refractivity contribution in [3.05, 3.63) is 45.4 Å². The summed E-state index contributed by atoms with van der Waals surface area (Å²) in [6.45, 7) is 2.33. The van der Waals surface area contributed by atoms with Gasteiger partial charge in [-0.2, -0.15) is 0 Å². The van der Waals surface area contributed by atoms with E-state index in [-0.39, 0.29) is 6.04 Å². The molecule has 0 saturated heterocycles. The van der Waals surface area contributed by atoms with E-state index in [0.29, 0.717) is 17.4 Å². The Labute approximate surface area is 109 Å². The SMILES string of the molecule is CC(N)c1csc(COc2ccccc2Cl)n1. The highest BCUT2D eigenvalue weighted by Crippen LogP contribution is 2.24. The van der Waals surface area contributed by atoms with E-state index in [1.807, 2.05) is 30.5 Å². The van der Waals surface area contributed by atoms with E-state index in [0.717, 1.165) is 10.7 Å². The average Bonchev–Trinajstić information content (AvgIpc) is 2.77. The van der Waals surface area contributed by atoms with E-state index >= 15 is 0 Å². The fourth-order valence-electron chi connectivity index (χ4n) is 1.30. The van der Waals surface area contributed by atoms with Crippen molar-refractivity contribution < 1.29 is 4.74 Å². The van der Waals surface area contributed by atoms with Gasteiger partial charge in [-0.25, -0.2) is 4.98 Å². The first-order valence-corrected chi connectivity index (χ1v) is 6.50. The summed E-state index contributed by atoms with van der Waals surface area (Å²) in [6.07, 6.45) is 0. The topological polar surface area (TPSA) is 48.1 Å². The molecule has 1 unspecified atom stereocenters. The van der Waals surface area contributed by atoms with Crippen molar-refractivity contribution in [2.75, 3.05) is 0 Å². The summed E-state index contributed by atoms with van der Waals surface area (Å²) in [5, 5.41) is 3.46. The number of hydrogen-bond donors (Lipinski definition) is 1. The van der Waals surface area contributed by atoms with Crippen molar-refractivity contribution in [3.8, 4) is 5.75 Å². The zero-order chi connectivity index (χ0) is 12.3. The van der Waals surface area contributed by atoms with Gasteiger partial charge >= 0.3 is 0 Å². The lowest BCUT2D eigenvalue weighted by atomic mass is 10.3. The molecule has 2 N–H and O–H groups in total. The fraction of sp³-hybridized carbons (Fsp3) is 0.250. The molecule has 2 aromatic rings. The van der Waals surface area contributed by atoms with Crippen molar-refractivity contribution in [2.24, 2.45) is 5.73 Å². The van der Waals surface area contributed by atoms with Crippen LogP contribution in [-0.2, 0) is 6.61 Å². The van der Waals surface area contributed by atoms with Gasteiger partial charge in [0.1, 0.15) is 17.4 Å². The van der Waals surface area contributed by atoms with Gasteiger partial charge in [-0.15, -0.1) is 11.3 Å². The van der Waals surface area contributed by atoms with Gasteiger partial charge in [0.25, 0.3) is 0 Å². The fourth-order valence-corrected chi connectivity index (χ4v) is 2.30. The number of ether oxygens (including phenoxy) is 1. The van der Waals surface area contributed by atoms with Crippen LogP contribution in [0.3, 0.4) is 0 Å². The van der Waals surface area contributed by atoms with Gasteiger partial charge in [0.15, 0.2) is 0 Å². The van der Waals surface area contributed by atoms with Gasteiger partial charge < -0.3 is 10.5 Å². The number of para-hydroxylation sites is 1. The Kier molecular flexibility index (Phi) is 3.99. The van der Waals surface area contributed by atoms with Gasteiger partial charge in [0.05, 0.1) is 10.7 Å². The molecule has 0 spiro atoms. The Bertz CT molecular complexity index is 499. The van der Waals surface area contributed by atoms with Crippen LogP contribution >= 0.6 is 22.9 Å². The van der Waals surface area contributed by atoms with E-state index in [2.05, 4.69) is 4.98 Å². The smallest absolute Gasteiger partial charge is 0.140 e. The van der Waals surface area contributed by atoms with Crippen molar-refractivity contribution in [2.45, 2.75) is 19.6 Å². The van der Waals surface area contributed by atoms with Crippen LogP contribution in [0.15, 0.2) is 29.6 Å². The Morgan fingerprint density at radius 3 is 2.88 bits per heavy atom. The second kappa shape index (κ2) is 5.49. The minimum absolute atomic E-state index is 0.0414. The number of halogens is 1. The molecule has 0 radical (unpaired) electrons. The Hall–Kier alpha value is -1.10. The maximum atomic E-state index is 5.98. The predicted octanol–water partition coefficient (Wildman–Crippen LogP) is 3.40. The summed E-state index contributed by atoms with van der Waals surface area (Å²) in [5.41, 5.74) is 6.64. The lowest BCUT2D eigenvalue weighted by Crippen LogP contribution is -2.05. The molecule has 1 aromatic heterocycles. The summed E-state index contributed by atoms with van der Waals surface area (Å²) in [5.74, 6) is 0.673. The summed E-state index contributed by atoms with van der Waals surface area (Å²) in [7, 11) is 0.